The molecule has 0 atom stereocenters. The molecule has 0 unspecified atom stereocenters. The zero-order valence-electron chi connectivity index (χ0n) is 19.3. The molecule has 190 valence electrons. The Morgan fingerprint density at radius 3 is 2.00 bits per heavy atom. The largest absolute Gasteiger partial charge is 0.440 e. The van der Waals surface area contributed by atoms with Crippen molar-refractivity contribution >= 4 is 10.9 Å². The molecule has 1 N–H and O–H groups in total. The normalized spacial score (nSPS) is 12.4. The fraction of sp³-hybridized carbons (Fsp3) is 0.179. The molecule has 2 heterocycles. The summed E-state index contributed by atoms with van der Waals surface area (Å²) in [6.07, 6.45) is -6.20. The summed E-state index contributed by atoms with van der Waals surface area (Å²) in [7, 11) is 0. The Kier molecular flexibility index (Phi) is 6.31. The van der Waals surface area contributed by atoms with Crippen LogP contribution in [-0.4, -0.2) is 9.97 Å². The Labute approximate surface area is 207 Å². The van der Waals surface area contributed by atoms with Crippen LogP contribution in [0.15, 0.2) is 83.4 Å². The molecule has 5 aromatic rings. The first-order valence-corrected chi connectivity index (χ1v) is 11.5. The van der Waals surface area contributed by atoms with Gasteiger partial charge >= 0.3 is 12.4 Å². The Morgan fingerprint density at radius 1 is 0.703 bits per heavy atom. The number of halogens is 6. The van der Waals surface area contributed by atoms with Gasteiger partial charge in [0.25, 0.3) is 0 Å². The van der Waals surface area contributed by atoms with Crippen LogP contribution in [-0.2, 0) is 25.2 Å². The highest BCUT2D eigenvalue weighted by Crippen LogP contribution is 2.44. The average Bonchev–Trinajstić information content (AvgIpc) is 3.48. The van der Waals surface area contributed by atoms with Crippen molar-refractivity contribution < 1.29 is 30.8 Å². The molecule has 0 saturated carbocycles. The smallest absolute Gasteiger partial charge is 0.417 e. The van der Waals surface area contributed by atoms with Gasteiger partial charge in [-0.05, 0) is 36.6 Å². The maximum Gasteiger partial charge on any atom is 0.417 e. The molecular weight excluding hydrogens is 494 g/mol. The highest BCUT2D eigenvalue weighted by molar-refractivity contribution is 5.83. The van der Waals surface area contributed by atoms with Crippen LogP contribution in [0.2, 0.25) is 0 Å². The van der Waals surface area contributed by atoms with Crippen LogP contribution in [0.1, 0.15) is 29.0 Å². The predicted octanol–water partition coefficient (Wildman–Crippen LogP) is 8.70. The number of fused-ring (bicyclic) bond motifs is 1. The molecule has 2 aromatic heterocycles. The van der Waals surface area contributed by atoms with Gasteiger partial charge < -0.3 is 9.40 Å². The second-order valence-electron chi connectivity index (χ2n) is 8.59. The molecule has 0 bridgehead atoms. The van der Waals surface area contributed by atoms with Crippen molar-refractivity contribution in [3.8, 4) is 22.6 Å². The number of H-pyrrole nitrogens is 1. The third-order valence-electron chi connectivity index (χ3n) is 6.15. The lowest BCUT2D eigenvalue weighted by Gasteiger charge is -2.14. The van der Waals surface area contributed by atoms with E-state index in [2.05, 4.69) is 9.97 Å². The minimum atomic E-state index is -4.74. The van der Waals surface area contributed by atoms with Gasteiger partial charge in [0.05, 0.1) is 11.1 Å². The average molecular weight is 514 g/mol. The highest BCUT2D eigenvalue weighted by atomic mass is 19.4. The zero-order valence-corrected chi connectivity index (χ0v) is 19.3. The molecular formula is C28H20F6N2O. The molecule has 0 aliphatic rings. The summed E-state index contributed by atoms with van der Waals surface area (Å²) in [5.41, 5.74) is -0.961. The fourth-order valence-electron chi connectivity index (χ4n) is 4.47. The molecule has 0 radical (unpaired) electrons. The fourth-order valence-corrected chi connectivity index (χ4v) is 4.47. The Bertz CT molecular complexity index is 1470. The van der Waals surface area contributed by atoms with E-state index in [0.717, 1.165) is 28.6 Å². The number of hydrogen-bond donors (Lipinski definition) is 1. The number of nitrogens with one attached hydrogen (secondary N) is 1. The van der Waals surface area contributed by atoms with E-state index < -0.39 is 23.5 Å². The molecule has 0 saturated heterocycles. The third-order valence-corrected chi connectivity index (χ3v) is 6.15. The van der Waals surface area contributed by atoms with Gasteiger partial charge in [-0.2, -0.15) is 26.3 Å². The second-order valence-corrected chi connectivity index (χ2v) is 8.59. The number of nitrogens with zero attached hydrogens (tertiary/aromatic N) is 1. The van der Waals surface area contributed by atoms with Crippen LogP contribution in [0, 0.1) is 0 Å². The van der Waals surface area contributed by atoms with Crippen molar-refractivity contribution in [3.05, 3.63) is 102 Å². The minimum Gasteiger partial charge on any atom is -0.440 e. The van der Waals surface area contributed by atoms with Gasteiger partial charge in [-0.25, -0.2) is 4.98 Å². The van der Waals surface area contributed by atoms with Crippen LogP contribution < -0.4 is 0 Å². The number of oxazole rings is 1. The number of benzene rings is 3. The van der Waals surface area contributed by atoms with Gasteiger partial charge in [-0.3, -0.25) is 0 Å². The Balaban J connectivity index is 1.55. The van der Waals surface area contributed by atoms with E-state index in [1.807, 2.05) is 30.5 Å². The first kappa shape index (κ1) is 24.7. The number of hydrogen-bond acceptors (Lipinski definition) is 2. The van der Waals surface area contributed by atoms with E-state index in [1.54, 1.807) is 0 Å². The topological polar surface area (TPSA) is 41.8 Å². The molecule has 37 heavy (non-hydrogen) atoms. The van der Waals surface area contributed by atoms with Crippen LogP contribution in [0.4, 0.5) is 26.3 Å². The van der Waals surface area contributed by atoms with Gasteiger partial charge in [0.1, 0.15) is 5.69 Å². The van der Waals surface area contributed by atoms with Crippen molar-refractivity contribution in [2.24, 2.45) is 0 Å². The predicted molar refractivity (Wildman–Crippen MR) is 128 cm³/mol. The summed E-state index contributed by atoms with van der Waals surface area (Å²) in [6, 6.07) is 17.1. The summed E-state index contributed by atoms with van der Waals surface area (Å²) in [5, 5.41) is 1.05. The van der Waals surface area contributed by atoms with E-state index in [0.29, 0.717) is 12.8 Å². The van der Waals surface area contributed by atoms with Crippen molar-refractivity contribution in [2.75, 3.05) is 0 Å². The van der Waals surface area contributed by atoms with Crippen LogP contribution in [0.3, 0.4) is 0 Å². The lowest BCUT2D eigenvalue weighted by molar-refractivity contribution is -0.138. The summed E-state index contributed by atoms with van der Waals surface area (Å²) in [4.78, 5) is 7.48. The number of alkyl halides is 6. The minimum absolute atomic E-state index is 0.0683. The zero-order chi connectivity index (χ0) is 26.2. The van der Waals surface area contributed by atoms with E-state index in [1.165, 1.54) is 36.4 Å². The Morgan fingerprint density at radius 2 is 1.30 bits per heavy atom. The molecule has 5 rings (SSSR count). The van der Waals surface area contributed by atoms with Crippen LogP contribution in [0.5, 0.6) is 0 Å². The summed E-state index contributed by atoms with van der Waals surface area (Å²) in [6.45, 7) is 0. The van der Waals surface area contributed by atoms with E-state index in [4.69, 9.17) is 4.42 Å². The molecule has 3 nitrogen and oxygen atoms in total. The standard InChI is InChI=1S/C28H20F6N2O/c29-27(30,31)21-12-4-1-10-19(21)25-26(20-11-2-5-13-22(20)28(32,33)34)37-24(36-25)15-7-8-17-16-35-23-14-6-3-9-18(17)23/h1-6,9-14,16,35H,7-8,15H2. The van der Waals surface area contributed by atoms with Crippen molar-refractivity contribution in [1.82, 2.24) is 9.97 Å². The van der Waals surface area contributed by atoms with Crippen molar-refractivity contribution in [3.63, 3.8) is 0 Å². The SMILES string of the molecule is FC(F)(F)c1ccccc1-c1nc(CCCc2c[nH]c3ccccc23)oc1-c1ccccc1C(F)(F)F. The number of rotatable bonds is 6. The van der Waals surface area contributed by atoms with Gasteiger partial charge in [-0.1, -0.05) is 54.6 Å². The molecule has 0 amide bonds. The molecule has 0 fully saturated rings. The summed E-state index contributed by atoms with van der Waals surface area (Å²) < 4.78 is 88.5. The van der Waals surface area contributed by atoms with Crippen molar-refractivity contribution in [2.45, 2.75) is 31.6 Å². The van der Waals surface area contributed by atoms with Crippen LogP contribution >= 0.6 is 0 Å². The third kappa shape index (κ3) is 4.98. The van der Waals surface area contributed by atoms with E-state index in [9.17, 15) is 26.3 Å². The van der Waals surface area contributed by atoms with Gasteiger partial charge in [0, 0.05) is 34.6 Å². The van der Waals surface area contributed by atoms with Crippen LogP contribution in [0.25, 0.3) is 33.5 Å². The number of aromatic amines is 1. The van der Waals surface area contributed by atoms with E-state index >= 15 is 0 Å². The molecule has 9 heteroatoms. The van der Waals surface area contributed by atoms with Crippen molar-refractivity contribution in [1.29, 1.82) is 0 Å². The first-order chi connectivity index (χ1) is 17.6. The quantitative estimate of drug-likeness (QED) is 0.230. The first-order valence-electron chi connectivity index (χ1n) is 11.5. The van der Waals surface area contributed by atoms with Gasteiger partial charge in [0.2, 0.25) is 0 Å². The number of aromatic nitrogens is 2. The second kappa shape index (κ2) is 9.46. The monoisotopic (exact) mass is 514 g/mol. The summed E-state index contributed by atoms with van der Waals surface area (Å²) in [5.74, 6) is -0.273. The molecule has 0 aliphatic heterocycles. The highest BCUT2D eigenvalue weighted by Gasteiger charge is 2.38. The lowest BCUT2D eigenvalue weighted by Crippen LogP contribution is -2.08. The number of para-hydroxylation sites is 1. The Hall–Kier alpha value is -4.01. The van der Waals surface area contributed by atoms with Gasteiger partial charge in [-0.15, -0.1) is 0 Å². The molecule has 3 aromatic carbocycles. The number of aryl methyl sites for hydroxylation is 2. The van der Waals surface area contributed by atoms with E-state index in [-0.39, 0.29) is 34.9 Å². The maximum atomic E-state index is 13.8. The molecule has 0 aliphatic carbocycles. The summed E-state index contributed by atoms with van der Waals surface area (Å²) >= 11 is 0. The lowest BCUT2D eigenvalue weighted by atomic mass is 9.98. The molecule has 0 spiro atoms. The van der Waals surface area contributed by atoms with Gasteiger partial charge in [0.15, 0.2) is 11.7 Å². The maximum absolute atomic E-state index is 13.8.